The lowest BCUT2D eigenvalue weighted by molar-refractivity contribution is 0.623. The standard InChI is InChI=1S/C45H28N2O2/c1-2-11-34(12-3-1)47(35-23-19-29(20-24-35)32-22-26-42-39(28-32)38-15-6-7-16-41(38)48-42)36-13-8-10-33(27-36)45-46-40-25-21-31-18-17-30-9-4-5-14-37(30)43(31)44(40)49-45/h1-28H. The fourth-order valence-corrected chi connectivity index (χ4v) is 7.11. The van der Waals surface area contributed by atoms with Crippen LogP contribution < -0.4 is 4.90 Å². The van der Waals surface area contributed by atoms with Gasteiger partial charge < -0.3 is 13.7 Å². The van der Waals surface area contributed by atoms with Crippen LogP contribution in [0.4, 0.5) is 17.1 Å². The van der Waals surface area contributed by atoms with E-state index in [2.05, 4.69) is 150 Å². The van der Waals surface area contributed by atoms with E-state index < -0.39 is 0 Å². The summed E-state index contributed by atoms with van der Waals surface area (Å²) in [7, 11) is 0. The Morgan fingerprint density at radius 1 is 0.408 bits per heavy atom. The summed E-state index contributed by atoms with van der Waals surface area (Å²) in [5, 5.41) is 6.84. The van der Waals surface area contributed by atoms with Gasteiger partial charge in [0.1, 0.15) is 16.7 Å². The third-order valence-electron chi connectivity index (χ3n) is 9.46. The summed E-state index contributed by atoms with van der Waals surface area (Å²) in [6.45, 7) is 0. The number of hydrogen-bond acceptors (Lipinski definition) is 4. The Bertz CT molecular complexity index is 2830. The molecular weight excluding hydrogens is 601 g/mol. The summed E-state index contributed by atoms with van der Waals surface area (Å²) >= 11 is 0. The van der Waals surface area contributed by atoms with Crippen molar-refractivity contribution >= 4 is 71.6 Å². The minimum Gasteiger partial charge on any atom is -0.456 e. The van der Waals surface area contributed by atoms with Crippen molar-refractivity contribution in [2.45, 2.75) is 0 Å². The molecule has 0 unspecified atom stereocenters. The van der Waals surface area contributed by atoms with E-state index in [9.17, 15) is 0 Å². The predicted molar refractivity (Wildman–Crippen MR) is 202 cm³/mol. The first-order valence-corrected chi connectivity index (χ1v) is 16.5. The normalized spacial score (nSPS) is 11.7. The van der Waals surface area contributed by atoms with Crippen LogP contribution >= 0.6 is 0 Å². The Hall–Kier alpha value is -6.65. The fourth-order valence-electron chi connectivity index (χ4n) is 7.11. The van der Waals surface area contributed by atoms with Gasteiger partial charge in [-0.05, 0) is 94.0 Å². The molecule has 0 aliphatic rings. The number of furan rings is 1. The van der Waals surface area contributed by atoms with E-state index in [0.717, 1.165) is 77.6 Å². The van der Waals surface area contributed by atoms with Crippen LogP contribution in [0.2, 0.25) is 0 Å². The van der Waals surface area contributed by atoms with Crippen LogP contribution in [0.1, 0.15) is 0 Å². The molecule has 0 amide bonds. The molecule has 2 aromatic heterocycles. The van der Waals surface area contributed by atoms with E-state index in [-0.39, 0.29) is 0 Å². The third-order valence-corrected chi connectivity index (χ3v) is 9.46. The minimum atomic E-state index is 0.600. The average Bonchev–Trinajstić information content (AvgIpc) is 3.78. The topological polar surface area (TPSA) is 42.4 Å². The maximum Gasteiger partial charge on any atom is 0.227 e. The Kier molecular flexibility index (Phi) is 6.15. The number of rotatable bonds is 5. The molecule has 0 aliphatic heterocycles. The van der Waals surface area contributed by atoms with E-state index in [0.29, 0.717) is 5.89 Å². The maximum absolute atomic E-state index is 6.60. The number of aromatic nitrogens is 1. The van der Waals surface area contributed by atoms with Crippen LogP contribution in [0.3, 0.4) is 0 Å². The number of hydrogen-bond donors (Lipinski definition) is 0. The van der Waals surface area contributed by atoms with Crippen LogP contribution in [0, 0.1) is 0 Å². The quantitative estimate of drug-likeness (QED) is 0.178. The van der Waals surface area contributed by atoms with Crippen LogP contribution in [0.25, 0.3) is 77.2 Å². The van der Waals surface area contributed by atoms with Gasteiger partial charge in [-0.25, -0.2) is 4.98 Å². The molecule has 10 aromatic rings. The van der Waals surface area contributed by atoms with E-state index in [4.69, 9.17) is 13.8 Å². The van der Waals surface area contributed by atoms with Crippen molar-refractivity contribution in [1.82, 2.24) is 4.98 Å². The Balaban J connectivity index is 1.06. The molecule has 4 nitrogen and oxygen atoms in total. The van der Waals surface area contributed by atoms with Gasteiger partial charge in [0, 0.05) is 38.8 Å². The second-order valence-corrected chi connectivity index (χ2v) is 12.4. The van der Waals surface area contributed by atoms with Crippen LogP contribution in [-0.2, 0) is 0 Å². The van der Waals surface area contributed by atoms with E-state index in [1.54, 1.807) is 0 Å². The van der Waals surface area contributed by atoms with E-state index in [1.807, 2.05) is 24.3 Å². The van der Waals surface area contributed by atoms with Crippen molar-refractivity contribution in [3.63, 3.8) is 0 Å². The van der Waals surface area contributed by atoms with Gasteiger partial charge in [-0.15, -0.1) is 0 Å². The number of nitrogens with zero attached hydrogens (tertiary/aromatic N) is 2. The zero-order chi connectivity index (χ0) is 32.3. The number of benzene rings is 8. The molecule has 0 bridgehead atoms. The van der Waals surface area contributed by atoms with Crippen molar-refractivity contribution in [2.75, 3.05) is 4.90 Å². The minimum absolute atomic E-state index is 0.600. The lowest BCUT2D eigenvalue weighted by Crippen LogP contribution is -2.09. The highest BCUT2D eigenvalue weighted by Crippen LogP contribution is 2.40. The summed E-state index contributed by atoms with van der Waals surface area (Å²) in [6.07, 6.45) is 0. The molecule has 0 N–H and O–H groups in total. The largest absolute Gasteiger partial charge is 0.456 e. The molecule has 8 aromatic carbocycles. The average molecular weight is 629 g/mol. The molecule has 230 valence electrons. The van der Waals surface area contributed by atoms with Crippen LogP contribution in [0.15, 0.2) is 179 Å². The van der Waals surface area contributed by atoms with Gasteiger partial charge in [-0.3, -0.25) is 0 Å². The number of fused-ring (bicyclic) bond motifs is 8. The van der Waals surface area contributed by atoms with Crippen molar-refractivity contribution in [1.29, 1.82) is 0 Å². The lowest BCUT2D eigenvalue weighted by atomic mass is 10.0. The zero-order valence-electron chi connectivity index (χ0n) is 26.4. The van der Waals surface area contributed by atoms with Crippen molar-refractivity contribution in [3.8, 4) is 22.6 Å². The Morgan fingerprint density at radius 2 is 1.10 bits per heavy atom. The molecule has 0 saturated heterocycles. The molecule has 0 spiro atoms. The fraction of sp³-hybridized carbons (Fsp3) is 0. The first-order valence-electron chi connectivity index (χ1n) is 16.5. The highest BCUT2D eigenvalue weighted by atomic mass is 16.3. The van der Waals surface area contributed by atoms with Gasteiger partial charge >= 0.3 is 0 Å². The highest BCUT2D eigenvalue weighted by Gasteiger charge is 2.17. The van der Waals surface area contributed by atoms with Crippen molar-refractivity contribution in [3.05, 3.63) is 170 Å². The smallest absolute Gasteiger partial charge is 0.227 e. The first kappa shape index (κ1) is 27.5. The van der Waals surface area contributed by atoms with E-state index >= 15 is 0 Å². The van der Waals surface area contributed by atoms with Crippen molar-refractivity contribution < 1.29 is 8.83 Å². The monoisotopic (exact) mass is 628 g/mol. The summed E-state index contributed by atoms with van der Waals surface area (Å²) in [5.41, 5.74) is 9.81. The van der Waals surface area contributed by atoms with Gasteiger partial charge in [0.05, 0.1) is 0 Å². The highest BCUT2D eigenvalue weighted by molar-refractivity contribution is 6.18. The van der Waals surface area contributed by atoms with Gasteiger partial charge in [0.25, 0.3) is 0 Å². The Morgan fingerprint density at radius 3 is 2.00 bits per heavy atom. The molecule has 49 heavy (non-hydrogen) atoms. The molecular formula is C45H28N2O2. The molecule has 0 aliphatic carbocycles. The summed E-state index contributed by atoms with van der Waals surface area (Å²) in [5.74, 6) is 0.600. The molecule has 0 atom stereocenters. The molecule has 0 radical (unpaired) electrons. The number of para-hydroxylation sites is 2. The van der Waals surface area contributed by atoms with Gasteiger partial charge in [-0.2, -0.15) is 0 Å². The second-order valence-electron chi connectivity index (χ2n) is 12.4. The summed E-state index contributed by atoms with van der Waals surface area (Å²) < 4.78 is 12.7. The van der Waals surface area contributed by atoms with Gasteiger partial charge in [0.15, 0.2) is 5.58 Å². The van der Waals surface area contributed by atoms with Crippen molar-refractivity contribution in [2.24, 2.45) is 0 Å². The first-order chi connectivity index (χ1) is 24.3. The van der Waals surface area contributed by atoms with Gasteiger partial charge in [-0.1, -0.05) is 103 Å². The zero-order valence-corrected chi connectivity index (χ0v) is 26.4. The molecule has 4 heteroatoms. The maximum atomic E-state index is 6.60. The lowest BCUT2D eigenvalue weighted by Gasteiger charge is -2.26. The second kappa shape index (κ2) is 11.0. The third kappa shape index (κ3) is 4.57. The number of anilines is 3. The van der Waals surface area contributed by atoms with Gasteiger partial charge in [0.2, 0.25) is 5.89 Å². The SMILES string of the molecule is c1ccc(N(c2ccc(-c3ccc4oc5ccccc5c4c3)cc2)c2cccc(-c3nc4ccc5ccc6ccccc6c5c4o3)c2)cc1. The summed E-state index contributed by atoms with van der Waals surface area (Å²) in [6, 6.07) is 59.2. The molecule has 10 rings (SSSR count). The summed E-state index contributed by atoms with van der Waals surface area (Å²) in [4.78, 5) is 7.25. The van der Waals surface area contributed by atoms with E-state index in [1.165, 1.54) is 10.8 Å². The molecule has 2 heterocycles. The Labute approximate surface area is 282 Å². The molecule has 0 saturated carbocycles. The predicted octanol–water partition coefficient (Wildman–Crippen LogP) is 12.8. The molecule has 0 fully saturated rings. The number of oxazole rings is 1. The van der Waals surface area contributed by atoms with Crippen LogP contribution in [-0.4, -0.2) is 4.98 Å². The van der Waals surface area contributed by atoms with Crippen LogP contribution in [0.5, 0.6) is 0 Å².